The largest absolute Gasteiger partial charge is 0.481 e. The van der Waals surface area contributed by atoms with Gasteiger partial charge in [-0.05, 0) is 71.1 Å². The van der Waals surface area contributed by atoms with Gasteiger partial charge in [0.15, 0.2) is 0 Å². The van der Waals surface area contributed by atoms with Crippen LogP contribution >= 0.6 is 0 Å². The molecule has 1 N–H and O–H groups in total. The zero-order chi connectivity index (χ0) is 19.6. The number of allylic oxidation sites excluding steroid dienone is 2. The van der Waals surface area contributed by atoms with Crippen molar-refractivity contribution in [1.29, 1.82) is 0 Å². The van der Waals surface area contributed by atoms with E-state index in [1.54, 1.807) is 6.92 Å². The van der Waals surface area contributed by atoms with Crippen molar-refractivity contribution in [3.8, 4) is 0 Å². The second-order valence-corrected chi connectivity index (χ2v) is 9.15. The number of unbranched alkanes of at least 4 members (excludes halogenated alkanes) is 5. The molecule has 2 rings (SSSR count). The van der Waals surface area contributed by atoms with E-state index >= 15 is 0 Å². The smallest absolute Gasteiger partial charge is 0.309 e. The lowest BCUT2D eigenvalue weighted by molar-refractivity contribution is -0.149. The number of hydrogen-bond acceptors (Lipinski definition) is 2. The monoisotopic (exact) mass is 376 g/mol. The summed E-state index contributed by atoms with van der Waals surface area (Å²) in [5, 5.41) is 9.49. The van der Waals surface area contributed by atoms with Crippen LogP contribution in [0.15, 0.2) is 12.2 Å². The lowest BCUT2D eigenvalue weighted by Crippen LogP contribution is -2.27. The minimum absolute atomic E-state index is 0.0302. The van der Waals surface area contributed by atoms with E-state index in [1.807, 2.05) is 0 Å². The fourth-order valence-electron chi connectivity index (χ4n) is 5.32. The average molecular weight is 377 g/mol. The number of Topliss-reactive ketones (excluding diaryl/α,β-unsaturated/α-hetero) is 1. The maximum Gasteiger partial charge on any atom is 0.309 e. The lowest BCUT2D eigenvalue weighted by atomic mass is 9.77. The Morgan fingerprint density at radius 3 is 1.70 bits per heavy atom. The summed E-state index contributed by atoms with van der Waals surface area (Å²) in [5.74, 6) is -0.151. The van der Waals surface area contributed by atoms with Crippen LogP contribution in [-0.4, -0.2) is 16.9 Å². The van der Waals surface area contributed by atoms with Crippen LogP contribution in [0.4, 0.5) is 0 Å². The van der Waals surface area contributed by atoms with Crippen molar-refractivity contribution in [2.75, 3.05) is 0 Å². The van der Waals surface area contributed by atoms with Gasteiger partial charge in [-0.3, -0.25) is 9.59 Å². The molecule has 2 fully saturated rings. The van der Waals surface area contributed by atoms with Crippen LogP contribution in [0.2, 0.25) is 0 Å². The molecule has 0 amide bonds. The number of ketones is 1. The van der Waals surface area contributed by atoms with Crippen molar-refractivity contribution >= 4 is 11.8 Å². The molecular formula is C24H40O3. The lowest BCUT2D eigenvalue weighted by Gasteiger charge is -2.25. The van der Waals surface area contributed by atoms with E-state index in [0.717, 1.165) is 77.0 Å². The fraction of sp³-hybridized carbons (Fsp3) is 0.833. The van der Waals surface area contributed by atoms with Crippen LogP contribution in [0.3, 0.4) is 0 Å². The molecule has 0 aromatic heterocycles. The summed E-state index contributed by atoms with van der Waals surface area (Å²) >= 11 is 0. The summed E-state index contributed by atoms with van der Waals surface area (Å²) < 4.78 is 0. The van der Waals surface area contributed by atoms with Gasteiger partial charge in [-0.1, -0.05) is 57.1 Å². The number of aliphatic carboxylic acids is 1. The first-order valence-corrected chi connectivity index (χ1v) is 11.4. The first-order valence-electron chi connectivity index (χ1n) is 11.4. The van der Waals surface area contributed by atoms with Gasteiger partial charge in [0.25, 0.3) is 0 Å². The van der Waals surface area contributed by atoms with Gasteiger partial charge in [-0.25, -0.2) is 0 Å². The minimum atomic E-state index is -0.570. The highest BCUT2D eigenvalue weighted by molar-refractivity contribution is 5.82. The van der Waals surface area contributed by atoms with Gasteiger partial charge >= 0.3 is 5.97 Å². The first kappa shape index (κ1) is 22.2. The molecule has 0 heterocycles. The Hall–Kier alpha value is -1.12. The van der Waals surface area contributed by atoms with Crippen LogP contribution in [0, 0.1) is 10.8 Å². The highest BCUT2D eigenvalue weighted by Gasteiger charge is 2.40. The first-order chi connectivity index (χ1) is 13.0. The van der Waals surface area contributed by atoms with Gasteiger partial charge in [-0.2, -0.15) is 0 Å². The summed E-state index contributed by atoms with van der Waals surface area (Å²) in [5.41, 5.74) is -0.372. The number of hydrogen-bond donors (Lipinski definition) is 1. The van der Waals surface area contributed by atoms with Gasteiger partial charge in [0.1, 0.15) is 5.78 Å². The second kappa shape index (κ2) is 11.0. The van der Waals surface area contributed by atoms with Gasteiger partial charge in [0, 0.05) is 5.41 Å². The molecule has 2 aliphatic carbocycles. The van der Waals surface area contributed by atoms with E-state index in [9.17, 15) is 14.7 Å². The normalized spacial score (nSPS) is 21.1. The molecule has 0 unspecified atom stereocenters. The molecule has 3 nitrogen and oxygen atoms in total. The minimum Gasteiger partial charge on any atom is -0.481 e. The summed E-state index contributed by atoms with van der Waals surface area (Å²) in [7, 11) is 0. The molecule has 0 aromatic carbocycles. The highest BCUT2D eigenvalue weighted by atomic mass is 16.4. The van der Waals surface area contributed by atoms with Crippen molar-refractivity contribution in [3.63, 3.8) is 0 Å². The zero-order valence-electron chi connectivity index (χ0n) is 17.4. The van der Waals surface area contributed by atoms with Gasteiger partial charge in [-0.15, -0.1) is 0 Å². The standard InChI is InChI=1S/C24H40O3/c1-21(25)23(16-11-12-17-23)15-9-7-5-3-2-4-6-8-10-18-24(22(26)27)19-13-14-20-24/h2,4H,3,5-20H2,1H3,(H,26,27)/b4-2-. The number of carboxylic acid groups (broad SMARTS) is 1. The summed E-state index contributed by atoms with van der Waals surface area (Å²) in [6.07, 6.45) is 23.1. The summed E-state index contributed by atoms with van der Waals surface area (Å²) in [4.78, 5) is 23.5. The number of rotatable bonds is 13. The summed E-state index contributed by atoms with van der Waals surface area (Å²) in [6.45, 7) is 1.79. The number of carbonyl (C=O) groups excluding carboxylic acids is 1. The quantitative estimate of drug-likeness (QED) is 0.282. The molecule has 3 heteroatoms. The van der Waals surface area contributed by atoms with E-state index < -0.39 is 11.4 Å². The molecule has 0 atom stereocenters. The van der Waals surface area contributed by atoms with Crippen LogP contribution in [0.5, 0.6) is 0 Å². The Labute approximate surface area is 166 Å². The highest BCUT2D eigenvalue weighted by Crippen LogP contribution is 2.43. The third kappa shape index (κ3) is 6.47. The molecule has 2 saturated carbocycles. The molecular weight excluding hydrogens is 336 g/mol. The van der Waals surface area contributed by atoms with Crippen LogP contribution in [0.1, 0.15) is 116 Å². The molecule has 0 spiro atoms. The molecule has 0 aromatic rings. The Kier molecular flexibility index (Phi) is 9.05. The SMILES string of the molecule is CC(=O)C1(CCCCC/C=C\CCCCC2(C(=O)O)CCCC2)CCCC1. The third-order valence-electron chi connectivity index (χ3n) is 7.29. The van der Waals surface area contributed by atoms with E-state index in [4.69, 9.17) is 0 Å². The van der Waals surface area contributed by atoms with Crippen LogP contribution in [-0.2, 0) is 9.59 Å². The fourth-order valence-corrected chi connectivity index (χ4v) is 5.32. The van der Waals surface area contributed by atoms with E-state index in [1.165, 1.54) is 32.1 Å². The molecule has 2 aliphatic rings. The van der Waals surface area contributed by atoms with Gasteiger partial charge in [0.2, 0.25) is 0 Å². The van der Waals surface area contributed by atoms with Crippen molar-refractivity contribution in [1.82, 2.24) is 0 Å². The van der Waals surface area contributed by atoms with Crippen LogP contribution < -0.4 is 0 Å². The number of carboxylic acids is 1. The predicted molar refractivity (Wildman–Crippen MR) is 111 cm³/mol. The Balaban J connectivity index is 1.48. The topological polar surface area (TPSA) is 54.4 Å². The predicted octanol–water partition coefficient (Wildman–Crippen LogP) is 6.85. The van der Waals surface area contributed by atoms with E-state index in [0.29, 0.717) is 5.78 Å². The van der Waals surface area contributed by atoms with E-state index in [-0.39, 0.29) is 5.41 Å². The maximum atomic E-state index is 12.0. The molecule has 154 valence electrons. The Bertz CT molecular complexity index is 494. The average Bonchev–Trinajstić information content (AvgIpc) is 3.30. The van der Waals surface area contributed by atoms with Crippen LogP contribution in [0.25, 0.3) is 0 Å². The van der Waals surface area contributed by atoms with Gasteiger partial charge < -0.3 is 5.11 Å². The van der Waals surface area contributed by atoms with Crippen molar-refractivity contribution in [2.45, 2.75) is 116 Å². The Morgan fingerprint density at radius 2 is 1.19 bits per heavy atom. The molecule has 0 bridgehead atoms. The number of carbonyl (C=O) groups is 2. The molecule has 27 heavy (non-hydrogen) atoms. The maximum absolute atomic E-state index is 12.0. The molecule has 0 saturated heterocycles. The van der Waals surface area contributed by atoms with E-state index in [2.05, 4.69) is 12.2 Å². The second-order valence-electron chi connectivity index (χ2n) is 9.15. The zero-order valence-corrected chi connectivity index (χ0v) is 17.4. The summed E-state index contributed by atoms with van der Waals surface area (Å²) in [6, 6.07) is 0. The molecule has 0 aliphatic heterocycles. The molecule has 0 radical (unpaired) electrons. The third-order valence-corrected chi connectivity index (χ3v) is 7.29. The van der Waals surface area contributed by atoms with Crippen molar-refractivity contribution in [2.24, 2.45) is 10.8 Å². The van der Waals surface area contributed by atoms with Crippen molar-refractivity contribution in [3.05, 3.63) is 12.2 Å². The van der Waals surface area contributed by atoms with Gasteiger partial charge in [0.05, 0.1) is 5.41 Å². The van der Waals surface area contributed by atoms with Crippen molar-refractivity contribution < 1.29 is 14.7 Å². The Morgan fingerprint density at radius 1 is 0.741 bits per heavy atom.